The van der Waals surface area contributed by atoms with E-state index in [0.717, 1.165) is 5.56 Å². The highest BCUT2D eigenvalue weighted by Crippen LogP contribution is 2.08. The van der Waals surface area contributed by atoms with Gasteiger partial charge in [0.1, 0.15) is 18.1 Å². The molecule has 4 atom stereocenters. The SMILES string of the molecule is NCCCCC(NC(=O)C(N)Cc1cnc[nH]1)C(=O)NC(CCCCN)C(=O)NC(Cc1ccccc1)C(=O)O. The van der Waals surface area contributed by atoms with Gasteiger partial charge in [0, 0.05) is 24.7 Å². The maximum Gasteiger partial charge on any atom is 0.326 e. The van der Waals surface area contributed by atoms with Gasteiger partial charge in [-0.25, -0.2) is 9.78 Å². The minimum Gasteiger partial charge on any atom is -0.480 e. The summed E-state index contributed by atoms with van der Waals surface area (Å²) in [6.45, 7) is 0.823. The molecule has 0 aliphatic carbocycles. The second kappa shape index (κ2) is 17.7. The number of carboxylic acid groups (broad SMARTS) is 1. The van der Waals surface area contributed by atoms with E-state index in [9.17, 15) is 24.3 Å². The fraction of sp³-hybridized carbons (Fsp3) is 0.519. The number of aromatic nitrogens is 2. The number of nitrogens with two attached hydrogens (primary N) is 3. The zero-order chi connectivity index (χ0) is 29.3. The van der Waals surface area contributed by atoms with Crippen molar-refractivity contribution in [2.45, 2.75) is 75.5 Å². The second-order valence-electron chi connectivity index (χ2n) is 9.67. The van der Waals surface area contributed by atoms with Gasteiger partial charge in [0.15, 0.2) is 0 Å². The molecule has 11 N–H and O–H groups in total. The van der Waals surface area contributed by atoms with Crippen molar-refractivity contribution in [1.29, 1.82) is 0 Å². The summed E-state index contributed by atoms with van der Waals surface area (Å²) >= 11 is 0. The lowest BCUT2D eigenvalue weighted by atomic mass is 10.0. The Balaban J connectivity index is 2.12. The Morgan fingerprint density at radius 2 is 1.35 bits per heavy atom. The highest BCUT2D eigenvalue weighted by molar-refractivity contribution is 5.94. The number of rotatable bonds is 19. The topological polar surface area (TPSA) is 231 Å². The molecule has 40 heavy (non-hydrogen) atoms. The van der Waals surface area contributed by atoms with Gasteiger partial charge < -0.3 is 43.2 Å². The Hall–Kier alpha value is -3.81. The van der Waals surface area contributed by atoms with Crippen LogP contribution in [0.4, 0.5) is 0 Å². The van der Waals surface area contributed by atoms with Gasteiger partial charge >= 0.3 is 5.97 Å². The van der Waals surface area contributed by atoms with Gasteiger partial charge in [-0.1, -0.05) is 30.3 Å². The first kappa shape index (κ1) is 32.4. The van der Waals surface area contributed by atoms with Crippen molar-refractivity contribution >= 4 is 23.7 Å². The number of benzene rings is 1. The predicted octanol–water partition coefficient (Wildman–Crippen LogP) is -0.681. The van der Waals surface area contributed by atoms with E-state index in [0.29, 0.717) is 44.5 Å². The maximum atomic E-state index is 13.3. The molecule has 2 aromatic rings. The molecule has 3 amide bonds. The number of nitrogens with one attached hydrogen (secondary N) is 4. The number of amides is 3. The molecular formula is C27H42N8O5. The van der Waals surface area contributed by atoms with Crippen molar-refractivity contribution in [3.8, 4) is 0 Å². The Morgan fingerprint density at radius 1 is 0.800 bits per heavy atom. The quantitative estimate of drug-likeness (QED) is 0.102. The van der Waals surface area contributed by atoms with E-state index in [1.807, 2.05) is 6.07 Å². The lowest BCUT2D eigenvalue weighted by molar-refractivity contribution is -0.142. The minimum absolute atomic E-state index is 0.0807. The number of hydrogen-bond acceptors (Lipinski definition) is 8. The fourth-order valence-electron chi connectivity index (χ4n) is 4.12. The zero-order valence-corrected chi connectivity index (χ0v) is 22.7. The van der Waals surface area contributed by atoms with Crippen LogP contribution in [0.3, 0.4) is 0 Å². The van der Waals surface area contributed by atoms with Crippen LogP contribution in [0.5, 0.6) is 0 Å². The van der Waals surface area contributed by atoms with E-state index in [4.69, 9.17) is 17.2 Å². The number of carbonyl (C=O) groups is 4. The van der Waals surface area contributed by atoms with Gasteiger partial charge in [0.05, 0.1) is 12.4 Å². The molecular weight excluding hydrogens is 516 g/mol. The van der Waals surface area contributed by atoms with E-state index in [2.05, 4.69) is 25.9 Å². The molecule has 0 saturated carbocycles. The van der Waals surface area contributed by atoms with Crippen molar-refractivity contribution in [1.82, 2.24) is 25.9 Å². The molecule has 0 spiro atoms. The van der Waals surface area contributed by atoms with Crippen LogP contribution >= 0.6 is 0 Å². The summed E-state index contributed by atoms with van der Waals surface area (Å²) in [5, 5.41) is 17.7. The summed E-state index contributed by atoms with van der Waals surface area (Å²) in [5.74, 6) is -2.92. The number of imidazole rings is 1. The molecule has 13 heteroatoms. The third-order valence-electron chi connectivity index (χ3n) is 6.39. The normalized spacial score (nSPS) is 14.0. The van der Waals surface area contributed by atoms with E-state index >= 15 is 0 Å². The molecule has 1 aromatic heterocycles. The van der Waals surface area contributed by atoms with Crippen LogP contribution in [-0.2, 0) is 32.0 Å². The molecule has 0 aliphatic rings. The molecule has 1 heterocycles. The van der Waals surface area contributed by atoms with Gasteiger partial charge in [-0.05, 0) is 57.2 Å². The van der Waals surface area contributed by atoms with Gasteiger partial charge in [-0.2, -0.15) is 0 Å². The Labute approximate surface area is 234 Å². The summed E-state index contributed by atoms with van der Waals surface area (Å²) in [6.07, 6.45) is 6.20. The number of aliphatic carboxylic acids is 1. The molecule has 4 unspecified atom stereocenters. The van der Waals surface area contributed by atoms with Gasteiger partial charge in [0.25, 0.3) is 0 Å². The Bertz CT molecular complexity index is 1050. The summed E-state index contributed by atoms with van der Waals surface area (Å²) < 4.78 is 0. The molecule has 0 fully saturated rings. The monoisotopic (exact) mass is 558 g/mol. The zero-order valence-electron chi connectivity index (χ0n) is 22.7. The summed E-state index contributed by atoms with van der Waals surface area (Å²) in [5.41, 5.74) is 18.7. The third-order valence-corrected chi connectivity index (χ3v) is 6.39. The van der Waals surface area contributed by atoms with Crippen LogP contribution in [0.1, 0.15) is 49.8 Å². The molecule has 0 bridgehead atoms. The average Bonchev–Trinajstić information content (AvgIpc) is 3.45. The number of aromatic amines is 1. The lowest BCUT2D eigenvalue weighted by Gasteiger charge is -2.25. The lowest BCUT2D eigenvalue weighted by Crippen LogP contribution is -2.57. The van der Waals surface area contributed by atoms with Gasteiger partial charge in [-0.3, -0.25) is 14.4 Å². The van der Waals surface area contributed by atoms with Crippen LogP contribution in [0, 0.1) is 0 Å². The number of hydrogen-bond donors (Lipinski definition) is 8. The number of H-pyrrole nitrogens is 1. The van der Waals surface area contributed by atoms with Gasteiger partial charge in [0.2, 0.25) is 17.7 Å². The van der Waals surface area contributed by atoms with Gasteiger partial charge in [-0.15, -0.1) is 0 Å². The number of carbonyl (C=O) groups excluding carboxylic acids is 3. The number of nitrogens with zero attached hydrogens (tertiary/aromatic N) is 1. The molecule has 13 nitrogen and oxygen atoms in total. The summed E-state index contributed by atoms with van der Waals surface area (Å²) in [4.78, 5) is 58.1. The highest BCUT2D eigenvalue weighted by atomic mass is 16.4. The fourth-order valence-corrected chi connectivity index (χ4v) is 4.12. The van der Waals surface area contributed by atoms with E-state index in [-0.39, 0.29) is 25.7 Å². The van der Waals surface area contributed by atoms with Crippen LogP contribution in [0.25, 0.3) is 0 Å². The van der Waals surface area contributed by atoms with Crippen molar-refractivity contribution in [3.05, 3.63) is 54.1 Å². The van der Waals surface area contributed by atoms with Crippen molar-refractivity contribution in [3.63, 3.8) is 0 Å². The first-order valence-electron chi connectivity index (χ1n) is 13.6. The number of unbranched alkanes of at least 4 members (excludes halogenated alkanes) is 2. The van der Waals surface area contributed by atoms with Crippen LogP contribution in [0.2, 0.25) is 0 Å². The molecule has 2 rings (SSSR count). The Kier molecular flexibility index (Phi) is 14.3. The highest BCUT2D eigenvalue weighted by Gasteiger charge is 2.30. The van der Waals surface area contributed by atoms with Crippen molar-refractivity contribution in [2.24, 2.45) is 17.2 Å². The molecule has 0 saturated heterocycles. The smallest absolute Gasteiger partial charge is 0.326 e. The molecule has 220 valence electrons. The standard InChI is InChI=1S/C27H42N8O5/c28-12-6-4-10-21(33-24(36)20(30)15-19-16-31-17-32-19)25(37)34-22(11-5-7-13-29)26(38)35-23(27(39)40)14-18-8-2-1-3-9-18/h1-3,8-9,16-17,20-23H,4-7,10-15,28-30H2,(H,31,32)(H,33,36)(H,34,37)(H,35,38)(H,39,40). The van der Waals surface area contributed by atoms with Crippen LogP contribution in [0.15, 0.2) is 42.9 Å². The van der Waals surface area contributed by atoms with E-state index < -0.39 is 47.9 Å². The molecule has 1 aromatic carbocycles. The van der Waals surface area contributed by atoms with E-state index in [1.165, 1.54) is 6.33 Å². The largest absolute Gasteiger partial charge is 0.480 e. The average molecular weight is 559 g/mol. The summed E-state index contributed by atoms with van der Waals surface area (Å²) in [6, 6.07) is 4.82. The molecule has 0 aliphatic heterocycles. The second-order valence-corrected chi connectivity index (χ2v) is 9.67. The minimum atomic E-state index is -1.19. The number of carboxylic acids is 1. The Morgan fingerprint density at radius 3 is 1.85 bits per heavy atom. The summed E-state index contributed by atoms with van der Waals surface area (Å²) in [7, 11) is 0. The van der Waals surface area contributed by atoms with Crippen LogP contribution < -0.4 is 33.2 Å². The van der Waals surface area contributed by atoms with Crippen LogP contribution in [-0.4, -0.2) is 76.0 Å². The molecule has 0 radical (unpaired) electrons. The predicted molar refractivity (Wildman–Crippen MR) is 150 cm³/mol. The first-order chi connectivity index (χ1) is 19.2. The van der Waals surface area contributed by atoms with Crippen molar-refractivity contribution in [2.75, 3.05) is 13.1 Å². The third kappa shape index (κ3) is 11.5. The van der Waals surface area contributed by atoms with E-state index in [1.54, 1.807) is 30.5 Å². The van der Waals surface area contributed by atoms with Crippen molar-refractivity contribution < 1.29 is 24.3 Å². The first-order valence-corrected chi connectivity index (χ1v) is 13.6. The maximum absolute atomic E-state index is 13.3.